The number of amides is 1. The molecule has 148 valence electrons. The molecular formula is C21H25N3O2S2. The number of H-pyrrole nitrogens is 1. The molecule has 3 rings (SSSR count). The average Bonchev–Trinajstić information content (AvgIpc) is 3.06. The number of fused-ring (bicyclic) bond motifs is 1. The van der Waals surface area contributed by atoms with Crippen LogP contribution in [-0.2, 0) is 4.79 Å². The third-order valence-corrected chi connectivity index (χ3v) is 6.35. The number of hydrogen-bond donors (Lipinski definition) is 1. The molecule has 0 aliphatic rings. The number of aromatic amines is 1. The maximum absolute atomic E-state index is 12.9. The summed E-state index contributed by atoms with van der Waals surface area (Å²) < 4.78 is 0. The van der Waals surface area contributed by atoms with Gasteiger partial charge in [-0.15, -0.1) is 11.3 Å². The molecule has 5 nitrogen and oxygen atoms in total. The van der Waals surface area contributed by atoms with Gasteiger partial charge in [-0.2, -0.15) is 0 Å². The summed E-state index contributed by atoms with van der Waals surface area (Å²) in [7, 11) is 0. The fraction of sp³-hybridized carbons (Fsp3) is 0.381. The van der Waals surface area contributed by atoms with Gasteiger partial charge >= 0.3 is 0 Å². The monoisotopic (exact) mass is 415 g/mol. The summed E-state index contributed by atoms with van der Waals surface area (Å²) in [6, 6.07) is 10.1. The van der Waals surface area contributed by atoms with Crippen LogP contribution < -0.4 is 5.56 Å². The van der Waals surface area contributed by atoms with E-state index in [-0.39, 0.29) is 28.8 Å². The van der Waals surface area contributed by atoms with Crippen molar-refractivity contribution >= 4 is 39.2 Å². The van der Waals surface area contributed by atoms with Crippen LogP contribution in [0.4, 0.5) is 0 Å². The number of hydrogen-bond acceptors (Lipinski definition) is 5. The number of nitrogens with zero attached hydrogens (tertiary/aromatic N) is 2. The van der Waals surface area contributed by atoms with Crippen molar-refractivity contribution < 1.29 is 4.79 Å². The van der Waals surface area contributed by atoms with Gasteiger partial charge in [-0.05, 0) is 40.2 Å². The third-order valence-electron chi connectivity index (χ3n) is 4.51. The largest absolute Gasteiger partial charge is 0.337 e. The van der Waals surface area contributed by atoms with Gasteiger partial charge in [0.1, 0.15) is 4.83 Å². The smallest absolute Gasteiger partial charge is 0.260 e. The molecule has 2 aromatic heterocycles. The van der Waals surface area contributed by atoms with Crippen molar-refractivity contribution in [1.82, 2.24) is 14.9 Å². The van der Waals surface area contributed by atoms with Gasteiger partial charge in [-0.3, -0.25) is 9.59 Å². The van der Waals surface area contributed by atoms with E-state index in [1.807, 2.05) is 75.2 Å². The number of benzene rings is 1. The predicted octanol–water partition coefficient (Wildman–Crippen LogP) is 4.78. The fourth-order valence-electron chi connectivity index (χ4n) is 3.35. The molecule has 7 heteroatoms. The van der Waals surface area contributed by atoms with E-state index in [4.69, 9.17) is 0 Å². The van der Waals surface area contributed by atoms with E-state index in [2.05, 4.69) is 9.97 Å². The first kappa shape index (κ1) is 20.6. The van der Waals surface area contributed by atoms with Crippen molar-refractivity contribution in [2.75, 3.05) is 0 Å². The normalized spacial score (nSPS) is 12.7. The Kier molecular flexibility index (Phi) is 6.25. The molecule has 1 atom stereocenters. The van der Waals surface area contributed by atoms with Gasteiger partial charge in [-0.25, -0.2) is 4.98 Å². The Morgan fingerprint density at radius 1 is 1.11 bits per heavy atom. The second-order valence-corrected chi connectivity index (χ2v) is 9.45. The lowest BCUT2D eigenvalue weighted by Crippen LogP contribution is -2.45. The molecule has 3 aromatic rings. The molecule has 0 saturated heterocycles. The van der Waals surface area contributed by atoms with Crippen molar-refractivity contribution in [3.05, 3.63) is 46.1 Å². The standard InChI is InChI=1S/C21H25N3O2S2/c1-12(2)24(13(3)4)20(26)14(5)28-21-22-18(25)17-16(11-27-19(17)23-21)15-9-7-6-8-10-15/h6-14H,1-5H3,(H,22,23,25)/t14-/m0/s1. The maximum Gasteiger partial charge on any atom is 0.260 e. The number of carbonyl (C=O) groups is 1. The van der Waals surface area contributed by atoms with Crippen LogP contribution in [0.15, 0.2) is 45.7 Å². The first-order valence-electron chi connectivity index (χ1n) is 9.35. The lowest BCUT2D eigenvalue weighted by atomic mass is 10.1. The zero-order valence-corrected chi connectivity index (χ0v) is 18.4. The van der Waals surface area contributed by atoms with Gasteiger partial charge in [0.2, 0.25) is 5.91 Å². The Bertz CT molecular complexity index is 1020. The molecule has 0 fully saturated rings. The average molecular weight is 416 g/mol. The molecule has 0 unspecified atom stereocenters. The molecule has 1 N–H and O–H groups in total. The third kappa shape index (κ3) is 4.15. The summed E-state index contributed by atoms with van der Waals surface area (Å²) in [6.45, 7) is 9.91. The molecule has 0 radical (unpaired) electrons. The summed E-state index contributed by atoms with van der Waals surface area (Å²) in [5.41, 5.74) is 1.71. The van der Waals surface area contributed by atoms with Gasteiger partial charge in [-0.1, -0.05) is 42.1 Å². The number of nitrogens with one attached hydrogen (secondary N) is 1. The molecule has 0 bridgehead atoms. The summed E-state index contributed by atoms with van der Waals surface area (Å²) in [5, 5.41) is 2.71. The molecule has 1 amide bonds. The first-order chi connectivity index (χ1) is 13.3. The number of rotatable bonds is 6. The van der Waals surface area contributed by atoms with Crippen molar-refractivity contribution in [1.29, 1.82) is 0 Å². The molecule has 0 aliphatic heterocycles. The first-order valence-corrected chi connectivity index (χ1v) is 11.1. The number of thioether (sulfide) groups is 1. The summed E-state index contributed by atoms with van der Waals surface area (Å²) >= 11 is 2.75. The lowest BCUT2D eigenvalue weighted by Gasteiger charge is -2.32. The molecule has 2 heterocycles. The van der Waals surface area contributed by atoms with Crippen LogP contribution in [0.5, 0.6) is 0 Å². The van der Waals surface area contributed by atoms with E-state index in [0.29, 0.717) is 15.4 Å². The van der Waals surface area contributed by atoms with E-state index in [9.17, 15) is 9.59 Å². The van der Waals surface area contributed by atoms with Crippen LogP contribution in [-0.4, -0.2) is 38.1 Å². The van der Waals surface area contributed by atoms with Crippen LogP contribution >= 0.6 is 23.1 Å². The Balaban J connectivity index is 1.89. The fourth-order valence-corrected chi connectivity index (χ4v) is 5.21. The van der Waals surface area contributed by atoms with Crippen molar-refractivity contribution in [3.63, 3.8) is 0 Å². The zero-order valence-electron chi connectivity index (χ0n) is 16.7. The van der Waals surface area contributed by atoms with E-state index in [1.165, 1.54) is 23.1 Å². The van der Waals surface area contributed by atoms with E-state index in [1.54, 1.807) is 0 Å². The summed E-state index contributed by atoms with van der Waals surface area (Å²) in [4.78, 5) is 35.6. The second kappa shape index (κ2) is 8.49. The zero-order chi connectivity index (χ0) is 20.4. The lowest BCUT2D eigenvalue weighted by molar-refractivity contribution is -0.133. The summed E-state index contributed by atoms with van der Waals surface area (Å²) in [5.74, 6) is 0.0499. The number of thiophene rings is 1. The Hall–Kier alpha value is -2.12. The SMILES string of the molecule is CC(C)N(C(=O)[C@H](C)Sc1nc2scc(-c3ccccc3)c2c(=O)[nH]1)C(C)C. The number of aromatic nitrogens is 2. The number of carbonyl (C=O) groups excluding carboxylic acids is 1. The van der Waals surface area contributed by atoms with Crippen LogP contribution in [0.25, 0.3) is 21.3 Å². The molecule has 0 saturated carbocycles. The minimum atomic E-state index is -0.334. The van der Waals surface area contributed by atoms with Gasteiger partial charge < -0.3 is 9.88 Å². The highest BCUT2D eigenvalue weighted by Crippen LogP contribution is 2.32. The van der Waals surface area contributed by atoms with E-state index in [0.717, 1.165) is 11.1 Å². The second-order valence-electron chi connectivity index (χ2n) is 7.26. The maximum atomic E-state index is 12.9. The minimum Gasteiger partial charge on any atom is -0.337 e. The van der Waals surface area contributed by atoms with Crippen LogP contribution in [0.2, 0.25) is 0 Å². The van der Waals surface area contributed by atoms with Gasteiger partial charge in [0, 0.05) is 23.0 Å². The van der Waals surface area contributed by atoms with Crippen LogP contribution in [0.1, 0.15) is 34.6 Å². The molecular weight excluding hydrogens is 390 g/mol. The van der Waals surface area contributed by atoms with Gasteiger partial charge in [0.15, 0.2) is 5.16 Å². The highest BCUT2D eigenvalue weighted by Gasteiger charge is 2.26. The quantitative estimate of drug-likeness (QED) is 0.465. The van der Waals surface area contributed by atoms with E-state index >= 15 is 0 Å². The topological polar surface area (TPSA) is 66.1 Å². The minimum absolute atomic E-state index is 0.0499. The Morgan fingerprint density at radius 3 is 2.36 bits per heavy atom. The van der Waals surface area contributed by atoms with Crippen LogP contribution in [0, 0.1) is 0 Å². The van der Waals surface area contributed by atoms with Gasteiger partial charge in [0.05, 0.1) is 10.6 Å². The molecule has 1 aromatic carbocycles. The highest BCUT2D eigenvalue weighted by atomic mass is 32.2. The van der Waals surface area contributed by atoms with Crippen molar-refractivity contribution in [2.45, 2.75) is 57.1 Å². The van der Waals surface area contributed by atoms with E-state index < -0.39 is 0 Å². The van der Waals surface area contributed by atoms with Crippen molar-refractivity contribution in [2.24, 2.45) is 0 Å². The molecule has 0 spiro atoms. The van der Waals surface area contributed by atoms with Gasteiger partial charge in [0.25, 0.3) is 5.56 Å². The highest BCUT2D eigenvalue weighted by molar-refractivity contribution is 8.00. The van der Waals surface area contributed by atoms with Crippen LogP contribution in [0.3, 0.4) is 0 Å². The Labute approximate surface area is 173 Å². The summed E-state index contributed by atoms with van der Waals surface area (Å²) in [6.07, 6.45) is 0. The molecule has 28 heavy (non-hydrogen) atoms. The predicted molar refractivity (Wildman–Crippen MR) is 118 cm³/mol. The van der Waals surface area contributed by atoms with Crippen molar-refractivity contribution in [3.8, 4) is 11.1 Å². The molecule has 0 aliphatic carbocycles. The Morgan fingerprint density at radius 2 is 1.75 bits per heavy atom.